The van der Waals surface area contributed by atoms with Crippen molar-refractivity contribution in [1.29, 1.82) is 0 Å². The fourth-order valence-corrected chi connectivity index (χ4v) is 2.04. The maximum atomic E-state index is 11.8. The molecule has 0 aromatic heterocycles. The van der Waals surface area contributed by atoms with Crippen LogP contribution in [0.1, 0.15) is 65.2 Å². The van der Waals surface area contributed by atoms with Crippen LogP contribution in [0.4, 0.5) is 0 Å². The third kappa shape index (κ3) is 9.78. The van der Waals surface area contributed by atoms with E-state index >= 15 is 0 Å². The van der Waals surface area contributed by atoms with Gasteiger partial charge in [-0.15, -0.1) is 0 Å². The van der Waals surface area contributed by atoms with Crippen molar-refractivity contribution in [3.8, 4) is 0 Å². The molecule has 1 atom stereocenters. The van der Waals surface area contributed by atoms with Crippen molar-refractivity contribution in [3.63, 3.8) is 0 Å². The zero-order valence-electron chi connectivity index (χ0n) is 13.0. The molecule has 0 bridgehead atoms. The standard InChI is InChI=1S/C15H31N3O2/c1-3-5-6-7-8-11-14(19)18-13(10-9-12-16)15(20)17-4-2/h13H,3-12,16H2,1-2H3,(H,17,20)(H,18,19). The van der Waals surface area contributed by atoms with E-state index in [0.29, 0.717) is 25.9 Å². The fourth-order valence-electron chi connectivity index (χ4n) is 2.04. The van der Waals surface area contributed by atoms with Gasteiger partial charge in [0, 0.05) is 13.0 Å². The highest BCUT2D eigenvalue weighted by Gasteiger charge is 2.19. The van der Waals surface area contributed by atoms with Gasteiger partial charge in [-0.2, -0.15) is 0 Å². The van der Waals surface area contributed by atoms with Crippen molar-refractivity contribution < 1.29 is 9.59 Å². The minimum absolute atomic E-state index is 0.0326. The molecule has 0 heterocycles. The molecule has 0 radical (unpaired) electrons. The number of hydrogen-bond acceptors (Lipinski definition) is 3. The van der Waals surface area contributed by atoms with Gasteiger partial charge in [0.15, 0.2) is 0 Å². The van der Waals surface area contributed by atoms with E-state index in [1.807, 2.05) is 6.92 Å². The van der Waals surface area contributed by atoms with Crippen molar-refractivity contribution in [3.05, 3.63) is 0 Å². The lowest BCUT2D eigenvalue weighted by Gasteiger charge is -2.17. The Labute approximate surface area is 123 Å². The number of unbranched alkanes of at least 4 members (excludes halogenated alkanes) is 4. The number of hydrogen-bond donors (Lipinski definition) is 3. The van der Waals surface area contributed by atoms with Gasteiger partial charge in [0.25, 0.3) is 0 Å². The number of likely N-dealkylation sites (N-methyl/N-ethyl adjacent to an activating group) is 1. The lowest BCUT2D eigenvalue weighted by molar-refractivity contribution is -0.129. The van der Waals surface area contributed by atoms with E-state index in [-0.39, 0.29) is 11.8 Å². The average molecular weight is 285 g/mol. The van der Waals surface area contributed by atoms with Gasteiger partial charge in [0.05, 0.1) is 0 Å². The first-order chi connectivity index (χ1) is 9.65. The van der Waals surface area contributed by atoms with Crippen LogP contribution in [0, 0.1) is 0 Å². The summed E-state index contributed by atoms with van der Waals surface area (Å²) in [5.41, 5.74) is 5.46. The van der Waals surface area contributed by atoms with Crippen LogP contribution in [-0.2, 0) is 9.59 Å². The summed E-state index contributed by atoms with van der Waals surface area (Å²) in [6, 6.07) is -0.443. The highest BCUT2D eigenvalue weighted by Crippen LogP contribution is 2.05. The SMILES string of the molecule is CCCCCCCC(=O)NC(CCCN)C(=O)NCC. The molecule has 1 unspecified atom stereocenters. The maximum absolute atomic E-state index is 11.8. The first-order valence-electron chi connectivity index (χ1n) is 7.92. The van der Waals surface area contributed by atoms with Crippen molar-refractivity contribution in [1.82, 2.24) is 10.6 Å². The Morgan fingerprint density at radius 3 is 2.35 bits per heavy atom. The van der Waals surface area contributed by atoms with Gasteiger partial charge in [0.1, 0.15) is 6.04 Å². The molecule has 0 aliphatic rings. The molecule has 5 heteroatoms. The highest BCUT2D eigenvalue weighted by molar-refractivity contribution is 5.87. The molecule has 0 fully saturated rings. The molecular weight excluding hydrogens is 254 g/mol. The van der Waals surface area contributed by atoms with E-state index in [9.17, 15) is 9.59 Å². The van der Waals surface area contributed by atoms with Crippen LogP contribution in [-0.4, -0.2) is 30.9 Å². The molecule has 118 valence electrons. The zero-order valence-corrected chi connectivity index (χ0v) is 13.0. The summed E-state index contributed by atoms with van der Waals surface area (Å²) in [7, 11) is 0. The van der Waals surface area contributed by atoms with Gasteiger partial charge >= 0.3 is 0 Å². The molecule has 0 rings (SSSR count). The minimum atomic E-state index is -0.443. The Hall–Kier alpha value is -1.10. The largest absolute Gasteiger partial charge is 0.355 e. The van der Waals surface area contributed by atoms with E-state index < -0.39 is 6.04 Å². The number of nitrogens with two attached hydrogens (primary N) is 1. The monoisotopic (exact) mass is 285 g/mol. The quantitative estimate of drug-likeness (QED) is 0.477. The van der Waals surface area contributed by atoms with Crippen LogP contribution in [0.5, 0.6) is 0 Å². The number of nitrogens with one attached hydrogen (secondary N) is 2. The molecule has 0 aromatic carbocycles. The van der Waals surface area contributed by atoms with Crippen LogP contribution >= 0.6 is 0 Å². The Morgan fingerprint density at radius 2 is 1.75 bits per heavy atom. The second kappa shape index (κ2) is 12.9. The van der Waals surface area contributed by atoms with Crippen LogP contribution in [0.2, 0.25) is 0 Å². The maximum Gasteiger partial charge on any atom is 0.242 e. The summed E-state index contributed by atoms with van der Waals surface area (Å²) in [6.07, 6.45) is 7.41. The molecular formula is C15H31N3O2. The summed E-state index contributed by atoms with van der Waals surface area (Å²) in [5, 5.41) is 5.57. The van der Waals surface area contributed by atoms with Crippen LogP contribution in [0.3, 0.4) is 0 Å². The third-order valence-corrected chi connectivity index (χ3v) is 3.21. The van der Waals surface area contributed by atoms with E-state index in [0.717, 1.165) is 19.3 Å². The molecule has 0 aliphatic heterocycles. The zero-order chi connectivity index (χ0) is 15.2. The summed E-state index contributed by atoms with van der Waals surface area (Å²) in [4.78, 5) is 23.7. The summed E-state index contributed by atoms with van der Waals surface area (Å²) < 4.78 is 0. The average Bonchev–Trinajstić information content (AvgIpc) is 2.43. The first kappa shape index (κ1) is 18.9. The van der Waals surface area contributed by atoms with Crippen LogP contribution < -0.4 is 16.4 Å². The Morgan fingerprint density at radius 1 is 1.05 bits per heavy atom. The van der Waals surface area contributed by atoms with Crippen molar-refractivity contribution >= 4 is 11.8 Å². The van der Waals surface area contributed by atoms with Gasteiger partial charge in [-0.1, -0.05) is 32.6 Å². The molecule has 0 spiro atoms. The Kier molecular flexibility index (Phi) is 12.2. The van der Waals surface area contributed by atoms with Gasteiger partial charge in [-0.25, -0.2) is 0 Å². The van der Waals surface area contributed by atoms with Gasteiger partial charge in [0.2, 0.25) is 11.8 Å². The van der Waals surface area contributed by atoms with Gasteiger partial charge in [-0.05, 0) is 32.7 Å². The van der Waals surface area contributed by atoms with Crippen LogP contribution in [0.25, 0.3) is 0 Å². The number of rotatable bonds is 12. The second-order valence-electron chi connectivity index (χ2n) is 5.11. The fraction of sp³-hybridized carbons (Fsp3) is 0.867. The highest BCUT2D eigenvalue weighted by atomic mass is 16.2. The summed E-state index contributed by atoms with van der Waals surface area (Å²) in [5.74, 6) is -0.143. The predicted octanol–water partition coefficient (Wildman–Crippen LogP) is 1.71. The lowest BCUT2D eigenvalue weighted by Crippen LogP contribution is -2.46. The number of amides is 2. The molecule has 4 N–H and O–H groups in total. The third-order valence-electron chi connectivity index (χ3n) is 3.21. The lowest BCUT2D eigenvalue weighted by atomic mass is 10.1. The molecule has 0 aliphatic carbocycles. The molecule has 0 saturated carbocycles. The predicted molar refractivity (Wildman–Crippen MR) is 82.3 cm³/mol. The molecule has 0 aromatic rings. The molecule has 20 heavy (non-hydrogen) atoms. The van der Waals surface area contributed by atoms with E-state index in [1.165, 1.54) is 19.3 Å². The Bertz CT molecular complexity index is 270. The number of carbonyl (C=O) groups is 2. The minimum Gasteiger partial charge on any atom is -0.355 e. The van der Waals surface area contributed by atoms with E-state index in [2.05, 4.69) is 17.6 Å². The van der Waals surface area contributed by atoms with Gasteiger partial charge in [-0.3, -0.25) is 9.59 Å². The number of carbonyl (C=O) groups excluding carboxylic acids is 2. The van der Waals surface area contributed by atoms with Gasteiger partial charge < -0.3 is 16.4 Å². The van der Waals surface area contributed by atoms with E-state index in [4.69, 9.17) is 5.73 Å². The summed E-state index contributed by atoms with van der Waals surface area (Å²) in [6.45, 7) is 5.14. The van der Waals surface area contributed by atoms with Crippen LogP contribution in [0.15, 0.2) is 0 Å². The van der Waals surface area contributed by atoms with E-state index in [1.54, 1.807) is 0 Å². The summed E-state index contributed by atoms with van der Waals surface area (Å²) >= 11 is 0. The molecule has 0 saturated heterocycles. The smallest absolute Gasteiger partial charge is 0.242 e. The molecule has 5 nitrogen and oxygen atoms in total. The van der Waals surface area contributed by atoms with Crippen molar-refractivity contribution in [2.24, 2.45) is 5.73 Å². The Balaban J connectivity index is 4.01. The topological polar surface area (TPSA) is 84.2 Å². The second-order valence-corrected chi connectivity index (χ2v) is 5.11. The molecule has 2 amide bonds. The first-order valence-corrected chi connectivity index (χ1v) is 7.92. The normalized spacial score (nSPS) is 11.9. The van der Waals surface area contributed by atoms with Crippen molar-refractivity contribution in [2.45, 2.75) is 71.3 Å². The van der Waals surface area contributed by atoms with Crippen molar-refractivity contribution in [2.75, 3.05) is 13.1 Å².